The molecule has 134 valence electrons. The molecule has 0 unspecified atom stereocenters. The Balaban J connectivity index is 1.28. The first-order valence-corrected chi connectivity index (χ1v) is 8.96. The Morgan fingerprint density at radius 3 is 2.58 bits per heavy atom. The molecular weight excluding hydrogens is 330 g/mol. The van der Waals surface area contributed by atoms with Crippen LogP contribution in [0.1, 0.15) is 31.2 Å². The van der Waals surface area contributed by atoms with Gasteiger partial charge in [-0.2, -0.15) is 20.3 Å². The average molecular weight is 351 g/mol. The van der Waals surface area contributed by atoms with E-state index < -0.39 is 0 Å². The van der Waals surface area contributed by atoms with Gasteiger partial charge in [0.15, 0.2) is 0 Å². The van der Waals surface area contributed by atoms with E-state index in [-0.39, 0.29) is 17.4 Å². The van der Waals surface area contributed by atoms with E-state index in [1.54, 1.807) is 29.5 Å². The maximum Gasteiger partial charge on any atom is 0.223 e. The molecule has 2 aliphatic rings. The van der Waals surface area contributed by atoms with Crippen LogP contribution in [0.2, 0.25) is 0 Å². The van der Waals surface area contributed by atoms with E-state index in [0.29, 0.717) is 12.1 Å². The lowest BCUT2D eigenvalue weighted by molar-refractivity contribution is -0.125. The number of hydrogen-bond donors (Lipinski definition) is 1. The van der Waals surface area contributed by atoms with Gasteiger partial charge in [-0.15, -0.1) is 0 Å². The third-order valence-electron chi connectivity index (χ3n) is 5.33. The van der Waals surface area contributed by atoms with Crippen LogP contribution < -0.4 is 10.2 Å². The second-order valence-corrected chi connectivity index (χ2v) is 7.04. The van der Waals surface area contributed by atoms with Crippen LogP contribution in [0, 0.1) is 17.2 Å². The number of hydrogen-bond acceptors (Lipinski definition) is 6. The standard InChI is InChI=1S/C18H21N7O/c19-11-14-1-2-16(20-12-14)24-9-3-15(4-10-24)17(26)21-13-18(5-6-18)25-22-7-8-23-25/h1-2,7-8,12,15H,3-6,9-10,13H2,(H,21,26). The van der Waals surface area contributed by atoms with E-state index in [4.69, 9.17) is 5.26 Å². The maximum atomic E-state index is 12.5. The van der Waals surface area contributed by atoms with Crippen molar-refractivity contribution in [2.45, 2.75) is 31.2 Å². The third kappa shape index (κ3) is 3.25. The van der Waals surface area contributed by atoms with Crippen LogP contribution in [0.5, 0.6) is 0 Å². The second kappa shape index (κ2) is 6.75. The molecule has 2 aromatic rings. The number of aromatic nitrogens is 4. The molecule has 2 aromatic heterocycles. The minimum Gasteiger partial charge on any atom is -0.357 e. The lowest BCUT2D eigenvalue weighted by Crippen LogP contribution is -2.44. The Morgan fingerprint density at radius 2 is 2.00 bits per heavy atom. The van der Waals surface area contributed by atoms with Crippen molar-refractivity contribution in [1.29, 1.82) is 5.26 Å². The first-order chi connectivity index (χ1) is 12.7. The number of nitrogens with one attached hydrogen (secondary N) is 1. The smallest absolute Gasteiger partial charge is 0.223 e. The van der Waals surface area contributed by atoms with Gasteiger partial charge < -0.3 is 10.2 Å². The maximum absolute atomic E-state index is 12.5. The number of carbonyl (C=O) groups excluding carboxylic acids is 1. The highest BCUT2D eigenvalue weighted by atomic mass is 16.1. The van der Waals surface area contributed by atoms with Crippen LogP contribution in [0.4, 0.5) is 5.82 Å². The van der Waals surface area contributed by atoms with E-state index in [1.165, 1.54) is 0 Å². The molecule has 1 N–H and O–H groups in total. The van der Waals surface area contributed by atoms with Gasteiger partial charge in [-0.25, -0.2) is 4.98 Å². The lowest BCUT2D eigenvalue weighted by Gasteiger charge is -2.32. The molecule has 0 bridgehead atoms. The average Bonchev–Trinajstić information content (AvgIpc) is 3.28. The van der Waals surface area contributed by atoms with Crippen LogP contribution in [-0.4, -0.2) is 45.5 Å². The Morgan fingerprint density at radius 1 is 1.27 bits per heavy atom. The highest BCUT2D eigenvalue weighted by Crippen LogP contribution is 2.41. The molecule has 1 amide bonds. The van der Waals surface area contributed by atoms with Crippen molar-refractivity contribution in [3.63, 3.8) is 0 Å². The summed E-state index contributed by atoms with van der Waals surface area (Å²) in [6, 6.07) is 5.72. The fourth-order valence-corrected chi connectivity index (χ4v) is 3.46. The third-order valence-corrected chi connectivity index (χ3v) is 5.33. The normalized spacial score (nSPS) is 19.0. The molecule has 0 spiro atoms. The number of carbonyl (C=O) groups is 1. The van der Waals surface area contributed by atoms with Crippen LogP contribution in [0.3, 0.4) is 0 Å². The first kappa shape index (κ1) is 16.5. The van der Waals surface area contributed by atoms with Crippen molar-refractivity contribution < 1.29 is 4.79 Å². The summed E-state index contributed by atoms with van der Waals surface area (Å²) in [6.07, 6.45) is 8.56. The van der Waals surface area contributed by atoms with Gasteiger partial charge in [0.25, 0.3) is 0 Å². The minimum atomic E-state index is -0.119. The number of nitrogens with zero attached hydrogens (tertiary/aromatic N) is 6. The van der Waals surface area contributed by atoms with E-state index >= 15 is 0 Å². The summed E-state index contributed by atoms with van der Waals surface area (Å²) in [4.78, 5) is 20.8. The Hall–Kier alpha value is -2.95. The molecule has 3 heterocycles. The predicted octanol–water partition coefficient (Wildman–Crippen LogP) is 1.07. The summed E-state index contributed by atoms with van der Waals surface area (Å²) in [6.45, 7) is 2.18. The van der Waals surface area contributed by atoms with Crippen molar-refractivity contribution in [2.75, 3.05) is 24.5 Å². The van der Waals surface area contributed by atoms with Crippen molar-refractivity contribution in [3.05, 3.63) is 36.3 Å². The Kier molecular flexibility index (Phi) is 4.29. The first-order valence-electron chi connectivity index (χ1n) is 8.96. The number of nitriles is 1. The molecule has 2 fully saturated rings. The fourth-order valence-electron chi connectivity index (χ4n) is 3.46. The molecule has 0 atom stereocenters. The summed E-state index contributed by atoms with van der Waals surface area (Å²) in [5.41, 5.74) is 0.440. The quantitative estimate of drug-likeness (QED) is 0.865. The second-order valence-electron chi connectivity index (χ2n) is 7.04. The Bertz CT molecular complexity index is 797. The van der Waals surface area contributed by atoms with Gasteiger partial charge in [0.2, 0.25) is 5.91 Å². The minimum absolute atomic E-state index is 0.0333. The van der Waals surface area contributed by atoms with Gasteiger partial charge >= 0.3 is 0 Å². The van der Waals surface area contributed by atoms with Crippen LogP contribution in [0.25, 0.3) is 0 Å². The van der Waals surface area contributed by atoms with Crippen molar-refractivity contribution in [2.24, 2.45) is 5.92 Å². The SMILES string of the molecule is N#Cc1ccc(N2CCC(C(=O)NCC3(n4nccn4)CC3)CC2)nc1. The van der Waals surface area contributed by atoms with Crippen LogP contribution >= 0.6 is 0 Å². The molecular formula is C18H21N7O. The van der Waals surface area contributed by atoms with Crippen LogP contribution in [0.15, 0.2) is 30.7 Å². The highest BCUT2D eigenvalue weighted by Gasteiger charge is 2.47. The van der Waals surface area contributed by atoms with E-state index in [1.807, 2.05) is 6.07 Å². The van der Waals surface area contributed by atoms with Gasteiger partial charge in [0.1, 0.15) is 11.9 Å². The monoisotopic (exact) mass is 351 g/mol. The zero-order valence-corrected chi connectivity index (χ0v) is 14.5. The van der Waals surface area contributed by atoms with E-state index in [9.17, 15) is 4.79 Å². The summed E-state index contributed by atoms with van der Waals surface area (Å²) >= 11 is 0. The van der Waals surface area contributed by atoms with Gasteiger partial charge in [-0.05, 0) is 37.8 Å². The molecule has 1 aliphatic heterocycles. The summed E-state index contributed by atoms with van der Waals surface area (Å²) in [5, 5.41) is 20.4. The molecule has 0 aromatic carbocycles. The van der Waals surface area contributed by atoms with Gasteiger partial charge in [0, 0.05) is 31.7 Å². The number of anilines is 1. The lowest BCUT2D eigenvalue weighted by atomic mass is 9.95. The molecule has 1 aliphatic carbocycles. The molecule has 8 heteroatoms. The molecule has 1 saturated heterocycles. The van der Waals surface area contributed by atoms with Crippen LogP contribution in [-0.2, 0) is 10.3 Å². The molecule has 1 saturated carbocycles. The van der Waals surface area contributed by atoms with Crippen molar-refractivity contribution >= 4 is 11.7 Å². The number of pyridine rings is 1. The van der Waals surface area contributed by atoms with E-state index in [0.717, 1.165) is 44.6 Å². The summed E-state index contributed by atoms with van der Waals surface area (Å²) in [7, 11) is 0. The zero-order valence-electron chi connectivity index (χ0n) is 14.5. The van der Waals surface area contributed by atoms with Gasteiger partial charge in [-0.3, -0.25) is 4.79 Å². The summed E-state index contributed by atoms with van der Waals surface area (Å²) < 4.78 is 0. The Labute approximate surface area is 151 Å². The van der Waals surface area contributed by atoms with Crippen molar-refractivity contribution in [1.82, 2.24) is 25.3 Å². The molecule has 8 nitrogen and oxygen atoms in total. The van der Waals surface area contributed by atoms with E-state index in [2.05, 4.69) is 31.5 Å². The molecule has 26 heavy (non-hydrogen) atoms. The highest BCUT2D eigenvalue weighted by molar-refractivity contribution is 5.79. The van der Waals surface area contributed by atoms with Gasteiger partial charge in [0.05, 0.1) is 23.5 Å². The topological polar surface area (TPSA) is 99.7 Å². The van der Waals surface area contributed by atoms with Crippen molar-refractivity contribution in [3.8, 4) is 6.07 Å². The summed E-state index contributed by atoms with van der Waals surface area (Å²) in [5.74, 6) is 1.02. The number of piperidine rings is 1. The number of rotatable bonds is 5. The molecule has 4 rings (SSSR count). The largest absolute Gasteiger partial charge is 0.357 e. The molecule has 0 radical (unpaired) electrons. The number of amides is 1. The predicted molar refractivity (Wildman–Crippen MR) is 94.1 cm³/mol. The fraction of sp³-hybridized carbons (Fsp3) is 0.500. The van der Waals surface area contributed by atoms with Gasteiger partial charge in [-0.1, -0.05) is 0 Å². The zero-order chi connectivity index (χ0) is 18.0.